The van der Waals surface area contributed by atoms with Crippen molar-refractivity contribution in [3.63, 3.8) is 0 Å². The van der Waals surface area contributed by atoms with Crippen LogP contribution >= 0.6 is 0 Å². The standard InChI is InChI=1S/C12H23NO5S/c1-2-3-7-11(12(14)15)13-19(16,17)9-10-6-4-5-8-18-10/h10-11,13H,2-9H2,1H3,(H,14,15). The van der Waals surface area contributed by atoms with Crippen LogP contribution in [-0.2, 0) is 19.6 Å². The van der Waals surface area contributed by atoms with Crippen molar-refractivity contribution in [3.8, 4) is 0 Å². The zero-order valence-corrected chi connectivity index (χ0v) is 12.1. The van der Waals surface area contributed by atoms with E-state index in [1.807, 2.05) is 6.92 Å². The fourth-order valence-corrected chi connectivity index (χ4v) is 3.59. The van der Waals surface area contributed by atoms with Crippen LogP contribution in [0.1, 0.15) is 45.4 Å². The van der Waals surface area contributed by atoms with Crippen molar-refractivity contribution in [1.82, 2.24) is 4.72 Å². The predicted molar refractivity (Wildman–Crippen MR) is 71.5 cm³/mol. The molecule has 0 spiro atoms. The molecule has 1 aliphatic rings. The number of ether oxygens (including phenoxy) is 1. The monoisotopic (exact) mass is 293 g/mol. The summed E-state index contributed by atoms with van der Waals surface area (Å²) in [7, 11) is -3.61. The third-order valence-corrected chi connectivity index (χ3v) is 4.60. The van der Waals surface area contributed by atoms with Crippen LogP contribution in [0, 0.1) is 0 Å². The largest absolute Gasteiger partial charge is 0.480 e. The first-order valence-electron chi connectivity index (χ1n) is 6.79. The van der Waals surface area contributed by atoms with Gasteiger partial charge in [-0.05, 0) is 25.7 Å². The SMILES string of the molecule is CCCCC(NS(=O)(=O)CC1CCCCO1)C(=O)O. The Labute approximate surface area is 114 Å². The number of rotatable bonds is 8. The van der Waals surface area contributed by atoms with Crippen LogP contribution in [0.25, 0.3) is 0 Å². The Morgan fingerprint density at radius 1 is 1.47 bits per heavy atom. The molecule has 0 aromatic rings. The van der Waals surface area contributed by atoms with Gasteiger partial charge in [0.1, 0.15) is 6.04 Å². The van der Waals surface area contributed by atoms with E-state index in [1.165, 1.54) is 0 Å². The average molecular weight is 293 g/mol. The van der Waals surface area contributed by atoms with E-state index in [1.54, 1.807) is 0 Å². The Balaban J connectivity index is 2.52. The Bertz CT molecular complexity index is 376. The van der Waals surface area contributed by atoms with E-state index >= 15 is 0 Å². The van der Waals surface area contributed by atoms with E-state index in [0.29, 0.717) is 25.9 Å². The minimum atomic E-state index is -3.61. The van der Waals surface area contributed by atoms with E-state index in [0.717, 1.165) is 19.3 Å². The first-order valence-corrected chi connectivity index (χ1v) is 8.44. The molecule has 2 unspecified atom stereocenters. The molecule has 19 heavy (non-hydrogen) atoms. The van der Waals surface area contributed by atoms with Gasteiger partial charge in [-0.1, -0.05) is 19.8 Å². The summed E-state index contributed by atoms with van der Waals surface area (Å²) in [5, 5.41) is 9.01. The number of hydrogen-bond acceptors (Lipinski definition) is 4. The zero-order valence-electron chi connectivity index (χ0n) is 11.3. The van der Waals surface area contributed by atoms with E-state index in [9.17, 15) is 13.2 Å². The molecule has 112 valence electrons. The van der Waals surface area contributed by atoms with E-state index in [2.05, 4.69) is 4.72 Å². The third kappa shape index (κ3) is 6.35. The second-order valence-corrected chi connectivity index (χ2v) is 6.72. The number of carbonyl (C=O) groups is 1. The fourth-order valence-electron chi connectivity index (χ4n) is 2.09. The van der Waals surface area contributed by atoms with Crippen LogP contribution in [0.3, 0.4) is 0 Å². The highest BCUT2D eigenvalue weighted by atomic mass is 32.2. The van der Waals surface area contributed by atoms with Crippen molar-refractivity contribution in [1.29, 1.82) is 0 Å². The Hall–Kier alpha value is -0.660. The molecule has 1 saturated heterocycles. The maximum Gasteiger partial charge on any atom is 0.321 e. The third-order valence-electron chi connectivity index (χ3n) is 3.15. The van der Waals surface area contributed by atoms with Crippen molar-refractivity contribution >= 4 is 16.0 Å². The van der Waals surface area contributed by atoms with Gasteiger partial charge in [-0.3, -0.25) is 4.79 Å². The van der Waals surface area contributed by atoms with Crippen molar-refractivity contribution in [2.24, 2.45) is 0 Å². The van der Waals surface area contributed by atoms with Gasteiger partial charge in [-0.25, -0.2) is 13.1 Å². The van der Waals surface area contributed by atoms with Gasteiger partial charge < -0.3 is 9.84 Å². The number of unbranched alkanes of at least 4 members (excludes halogenated alkanes) is 1. The Morgan fingerprint density at radius 3 is 2.74 bits per heavy atom. The fraction of sp³-hybridized carbons (Fsp3) is 0.917. The predicted octanol–water partition coefficient (Wildman–Crippen LogP) is 1.12. The highest BCUT2D eigenvalue weighted by Gasteiger charge is 2.27. The van der Waals surface area contributed by atoms with Gasteiger partial charge in [0.15, 0.2) is 0 Å². The topological polar surface area (TPSA) is 92.7 Å². The van der Waals surface area contributed by atoms with E-state index in [4.69, 9.17) is 9.84 Å². The van der Waals surface area contributed by atoms with Gasteiger partial charge in [0.2, 0.25) is 10.0 Å². The maximum absolute atomic E-state index is 11.9. The molecule has 0 radical (unpaired) electrons. The second-order valence-electron chi connectivity index (χ2n) is 4.92. The minimum Gasteiger partial charge on any atom is -0.480 e. The highest BCUT2D eigenvalue weighted by molar-refractivity contribution is 7.89. The number of aliphatic carboxylic acids is 1. The Kier molecular flexibility index (Phi) is 6.74. The highest BCUT2D eigenvalue weighted by Crippen LogP contribution is 2.14. The number of sulfonamides is 1. The van der Waals surface area contributed by atoms with Gasteiger partial charge in [0.25, 0.3) is 0 Å². The lowest BCUT2D eigenvalue weighted by molar-refractivity contribution is -0.139. The summed E-state index contributed by atoms with van der Waals surface area (Å²) < 4.78 is 31.5. The average Bonchev–Trinajstić information content (AvgIpc) is 2.34. The molecule has 2 atom stereocenters. The van der Waals surface area contributed by atoms with Gasteiger partial charge in [-0.2, -0.15) is 0 Å². The molecule has 1 aliphatic heterocycles. The van der Waals surface area contributed by atoms with Gasteiger partial charge >= 0.3 is 5.97 Å². The van der Waals surface area contributed by atoms with Crippen molar-refractivity contribution in [3.05, 3.63) is 0 Å². The summed E-state index contributed by atoms with van der Waals surface area (Å²) in [6.07, 6.45) is 4.14. The molecule has 0 aromatic carbocycles. The molecular weight excluding hydrogens is 270 g/mol. The summed E-state index contributed by atoms with van der Waals surface area (Å²) in [6, 6.07) is -1.03. The number of hydrogen-bond donors (Lipinski definition) is 2. The normalized spacial score (nSPS) is 22.1. The number of nitrogens with one attached hydrogen (secondary N) is 1. The number of carboxylic acid groups (broad SMARTS) is 1. The molecule has 0 saturated carbocycles. The van der Waals surface area contributed by atoms with Crippen LogP contribution < -0.4 is 4.72 Å². The minimum absolute atomic E-state index is 0.150. The van der Waals surface area contributed by atoms with Crippen LogP contribution in [0.4, 0.5) is 0 Å². The maximum atomic E-state index is 11.9. The molecular formula is C12H23NO5S. The lowest BCUT2D eigenvalue weighted by Gasteiger charge is -2.23. The smallest absolute Gasteiger partial charge is 0.321 e. The summed E-state index contributed by atoms with van der Waals surface area (Å²) >= 11 is 0. The molecule has 1 rings (SSSR count). The summed E-state index contributed by atoms with van der Waals surface area (Å²) in [6.45, 7) is 2.52. The quantitative estimate of drug-likeness (QED) is 0.699. The molecule has 0 amide bonds. The van der Waals surface area contributed by atoms with E-state index < -0.39 is 22.0 Å². The lowest BCUT2D eigenvalue weighted by atomic mass is 10.1. The van der Waals surface area contributed by atoms with Gasteiger partial charge in [0.05, 0.1) is 11.9 Å². The van der Waals surface area contributed by atoms with Crippen LogP contribution in [-0.4, -0.2) is 44.0 Å². The summed E-state index contributed by atoms with van der Waals surface area (Å²) in [5.74, 6) is -1.27. The summed E-state index contributed by atoms with van der Waals surface area (Å²) in [4.78, 5) is 11.0. The first-order chi connectivity index (χ1) is 8.94. The zero-order chi connectivity index (χ0) is 14.3. The second kappa shape index (κ2) is 7.81. The van der Waals surface area contributed by atoms with Crippen molar-refractivity contribution in [2.75, 3.05) is 12.4 Å². The summed E-state index contributed by atoms with van der Waals surface area (Å²) in [5.41, 5.74) is 0. The van der Waals surface area contributed by atoms with Gasteiger partial charge in [-0.15, -0.1) is 0 Å². The van der Waals surface area contributed by atoms with Crippen LogP contribution in [0.15, 0.2) is 0 Å². The molecule has 0 aliphatic carbocycles. The lowest BCUT2D eigenvalue weighted by Crippen LogP contribution is -2.44. The first kappa shape index (κ1) is 16.4. The molecule has 0 bridgehead atoms. The molecule has 1 fully saturated rings. The Morgan fingerprint density at radius 2 is 2.21 bits per heavy atom. The van der Waals surface area contributed by atoms with E-state index in [-0.39, 0.29) is 11.9 Å². The van der Waals surface area contributed by atoms with Gasteiger partial charge in [0, 0.05) is 6.61 Å². The molecule has 1 heterocycles. The van der Waals surface area contributed by atoms with Crippen molar-refractivity contribution in [2.45, 2.75) is 57.6 Å². The van der Waals surface area contributed by atoms with Crippen molar-refractivity contribution < 1.29 is 23.1 Å². The molecule has 7 heteroatoms. The number of carboxylic acids is 1. The van der Waals surface area contributed by atoms with Crippen LogP contribution in [0.2, 0.25) is 0 Å². The van der Waals surface area contributed by atoms with Crippen LogP contribution in [0.5, 0.6) is 0 Å². The molecule has 2 N–H and O–H groups in total. The molecule has 6 nitrogen and oxygen atoms in total. The molecule has 0 aromatic heterocycles.